The van der Waals surface area contributed by atoms with E-state index >= 15 is 0 Å². The number of fused-ring (bicyclic) bond motifs is 3. The zero-order valence-electron chi connectivity index (χ0n) is 20.1. The second kappa shape index (κ2) is 9.05. The van der Waals surface area contributed by atoms with E-state index in [1.807, 2.05) is 23.6 Å². The minimum Gasteiger partial charge on any atom is -0.329 e. The van der Waals surface area contributed by atoms with Gasteiger partial charge in [-0.1, -0.05) is 31.0 Å². The van der Waals surface area contributed by atoms with Crippen LogP contribution in [0.1, 0.15) is 30.5 Å². The third-order valence-electron chi connectivity index (χ3n) is 6.82. The number of rotatable bonds is 5. The maximum Gasteiger partial charge on any atom is 0.405 e. The van der Waals surface area contributed by atoms with Gasteiger partial charge in [-0.25, -0.2) is 27.2 Å². The van der Waals surface area contributed by atoms with Crippen LogP contribution < -0.4 is 5.32 Å². The van der Waals surface area contributed by atoms with Crippen LogP contribution in [0.25, 0.3) is 16.8 Å². The SMILES string of the molecule is CC[C@@H]1CN(C(=O)NCC(F)(F)F)C[C@@H]1c1cnc2cnc3c(ccn3S(=O)(=O)c3ccc(C)cc3)n12. The molecule has 0 spiro atoms. The lowest BCUT2D eigenvalue weighted by molar-refractivity contribution is -0.123. The molecule has 4 aromatic rings. The summed E-state index contributed by atoms with van der Waals surface area (Å²) >= 11 is 0. The number of nitrogens with one attached hydrogen (secondary N) is 1. The number of amides is 2. The highest BCUT2D eigenvalue weighted by molar-refractivity contribution is 7.90. The van der Waals surface area contributed by atoms with Gasteiger partial charge >= 0.3 is 12.2 Å². The predicted octanol–water partition coefficient (Wildman–Crippen LogP) is 3.93. The van der Waals surface area contributed by atoms with E-state index in [0.717, 1.165) is 15.2 Å². The quantitative estimate of drug-likeness (QED) is 0.418. The van der Waals surface area contributed by atoms with E-state index in [1.54, 1.807) is 36.5 Å². The average Bonchev–Trinajstić information content (AvgIpc) is 3.57. The van der Waals surface area contributed by atoms with E-state index in [2.05, 4.69) is 9.97 Å². The summed E-state index contributed by atoms with van der Waals surface area (Å²) in [6.07, 6.45) is 0.783. The standard InChI is InChI=1S/C24H25F3N6O3S/c1-3-16-12-31(23(34)30-14-24(25,26)27)13-18(16)20-10-28-21-11-29-22-19(33(20)21)8-9-32(22)37(35,36)17-6-4-15(2)5-7-17/h4-11,16,18H,3,12-14H2,1-2H3,(H,30,34)/t16-,18+/m1/s1. The number of imidazole rings is 1. The van der Waals surface area contributed by atoms with Crippen LogP contribution in [0.5, 0.6) is 0 Å². The molecule has 1 saturated heterocycles. The summed E-state index contributed by atoms with van der Waals surface area (Å²) in [7, 11) is -3.91. The maximum atomic E-state index is 13.4. The summed E-state index contributed by atoms with van der Waals surface area (Å²) < 4.78 is 67.4. The Morgan fingerprint density at radius 3 is 2.51 bits per heavy atom. The van der Waals surface area contributed by atoms with Gasteiger partial charge in [-0.05, 0) is 31.0 Å². The molecule has 4 heterocycles. The van der Waals surface area contributed by atoms with Crippen molar-refractivity contribution in [2.45, 2.75) is 37.3 Å². The predicted molar refractivity (Wildman–Crippen MR) is 130 cm³/mol. The second-order valence-electron chi connectivity index (χ2n) is 9.23. The molecule has 13 heteroatoms. The van der Waals surface area contributed by atoms with Crippen molar-refractivity contribution < 1.29 is 26.4 Å². The number of aromatic nitrogens is 4. The van der Waals surface area contributed by atoms with Gasteiger partial charge in [-0.3, -0.25) is 4.40 Å². The number of nitrogens with zero attached hydrogens (tertiary/aromatic N) is 5. The first-order valence-corrected chi connectivity index (χ1v) is 13.2. The summed E-state index contributed by atoms with van der Waals surface area (Å²) in [6, 6.07) is 7.41. The van der Waals surface area contributed by atoms with Crippen molar-refractivity contribution in [1.82, 2.24) is 28.6 Å². The summed E-state index contributed by atoms with van der Waals surface area (Å²) in [5, 5.41) is 1.94. The fourth-order valence-corrected chi connectivity index (χ4v) is 6.20. The van der Waals surface area contributed by atoms with E-state index in [1.165, 1.54) is 17.3 Å². The first kappa shape index (κ1) is 25.1. The van der Waals surface area contributed by atoms with Crippen LogP contribution in [0.3, 0.4) is 0 Å². The van der Waals surface area contributed by atoms with Gasteiger partial charge in [0, 0.05) is 37.1 Å². The van der Waals surface area contributed by atoms with Gasteiger partial charge < -0.3 is 10.2 Å². The molecule has 5 rings (SSSR count). The molecule has 1 fully saturated rings. The van der Waals surface area contributed by atoms with Crippen molar-refractivity contribution in [3.05, 3.63) is 60.2 Å². The fraction of sp³-hybridized carbons (Fsp3) is 0.375. The largest absolute Gasteiger partial charge is 0.405 e. The second-order valence-corrected chi connectivity index (χ2v) is 11.0. The van der Waals surface area contributed by atoms with Crippen molar-refractivity contribution in [2.75, 3.05) is 19.6 Å². The van der Waals surface area contributed by atoms with Gasteiger partial charge in [0.05, 0.1) is 16.6 Å². The molecule has 37 heavy (non-hydrogen) atoms. The average molecular weight is 535 g/mol. The normalized spacial score (nSPS) is 18.7. The summed E-state index contributed by atoms with van der Waals surface area (Å²) in [5.74, 6) is -0.225. The molecule has 3 aromatic heterocycles. The molecule has 2 atom stereocenters. The zero-order chi connectivity index (χ0) is 26.5. The fourth-order valence-electron chi connectivity index (χ4n) is 4.90. The lowest BCUT2D eigenvalue weighted by atomic mass is 9.91. The minimum absolute atomic E-state index is 0.0156. The van der Waals surface area contributed by atoms with Gasteiger partial charge in [0.1, 0.15) is 6.54 Å². The number of aryl methyl sites for hydroxylation is 1. The van der Waals surface area contributed by atoms with Crippen LogP contribution in [0.2, 0.25) is 0 Å². The Kier molecular flexibility index (Phi) is 6.13. The lowest BCUT2D eigenvalue weighted by Gasteiger charge is -2.18. The minimum atomic E-state index is -4.49. The molecule has 1 N–H and O–H groups in total. The Bertz CT molecular complexity index is 1580. The van der Waals surface area contributed by atoms with E-state index in [0.29, 0.717) is 24.1 Å². The highest BCUT2D eigenvalue weighted by Crippen LogP contribution is 2.36. The highest BCUT2D eigenvalue weighted by Gasteiger charge is 2.38. The van der Waals surface area contributed by atoms with E-state index in [4.69, 9.17) is 0 Å². The number of urea groups is 1. The Balaban J connectivity index is 1.52. The monoisotopic (exact) mass is 534 g/mol. The Labute approximate surface area is 211 Å². The number of hydrogen-bond donors (Lipinski definition) is 1. The number of carbonyl (C=O) groups excluding carboxylic acids is 1. The molecule has 2 amide bonds. The van der Waals surface area contributed by atoms with Crippen molar-refractivity contribution in [3.8, 4) is 0 Å². The van der Waals surface area contributed by atoms with Crippen molar-refractivity contribution >= 4 is 32.9 Å². The maximum absolute atomic E-state index is 13.4. The number of alkyl halides is 3. The van der Waals surface area contributed by atoms with Crippen LogP contribution in [-0.2, 0) is 10.0 Å². The van der Waals surface area contributed by atoms with Gasteiger partial charge in [-0.15, -0.1) is 0 Å². The Morgan fingerprint density at radius 2 is 1.84 bits per heavy atom. The number of benzene rings is 1. The number of likely N-dealkylation sites (tertiary alicyclic amines) is 1. The van der Waals surface area contributed by atoms with Crippen LogP contribution in [0.4, 0.5) is 18.0 Å². The van der Waals surface area contributed by atoms with Crippen LogP contribution in [-0.4, -0.2) is 63.5 Å². The third-order valence-corrected chi connectivity index (χ3v) is 8.50. The molecular formula is C24H25F3N6O3S. The molecule has 0 saturated carbocycles. The third kappa shape index (κ3) is 4.52. The van der Waals surface area contributed by atoms with Gasteiger partial charge in [0.25, 0.3) is 10.0 Å². The van der Waals surface area contributed by atoms with Gasteiger partial charge in [-0.2, -0.15) is 13.2 Å². The van der Waals surface area contributed by atoms with E-state index in [-0.39, 0.29) is 28.9 Å². The van der Waals surface area contributed by atoms with Crippen LogP contribution >= 0.6 is 0 Å². The topological polar surface area (TPSA) is 102 Å². The zero-order valence-corrected chi connectivity index (χ0v) is 20.9. The molecular weight excluding hydrogens is 509 g/mol. The molecule has 0 radical (unpaired) electrons. The number of carbonyl (C=O) groups is 1. The van der Waals surface area contributed by atoms with Gasteiger partial charge in [0.15, 0.2) is 11.3 Å². The summed E-state index contributed by atoms with van der Waals surface area (Å²) in [6.45, 7) is 2.94. The van der Waals surface area contributed by atoms with E-state index in [9.17, 15) is 26.4 Å². The molecule has 1 aromatic carbocycles. The summed E-state index contributed by atoms with van der Waals surface area (Å²) in [4.78, 5) is 22.7. The Morgan fingerprint density at radius 1 is 1.11 bits per heavy atom. The first-order chi connectivity index (χ1) is 17.5. The highest BCUT2D eigenvalue weighted by atomic mass is 32.2. The molecule has 9 nitrogen and oxygen atoms in total. The Hall–Kier alpha value is -3.61. The first-order valence-electron chi connectivity index (χ1n) is 11.7. The molecule has 196 valence electrons. The molecule has 0 bridgehead atoms. The summed E-state index contributed by atoms with van der Waals surface area (Å²) in [5.41, 5.74) is 2.92. The smallest absolute Gasteiger partial charge is 0.329 e. The molecule has 1 aliphatic heterocycles. The number of hydrogen-bond acceptors (Lipinski definition) is 5. The molecule has 0 unspecified atom stereocenters. The lowest BCUT2D eigenvalue weighted by Crippen LogP contribution is -2.42. The van der Waals surface area contributed by atoms with Crippen LogP contribution in [0.15, 0.2) is 53.8 Å². The van der Waals surface area contributed by atoms with Crippen molar-refractivity contribution in [3.63, 3.8) is 0 Å². The van der Waals surface area contributed by atoms with Crippen molar-refractivity contribution in [1.29, 1.82) is 0 Å². The van der Waals surface area contributed by atoms with E-state index < -0.39 is 28.8 Å². The number of halogens is 3. The van der Waals surface area contributed by atoms with Crippen molar-refractivity contribution in [2.24, 2.45) is 5.92 Å². The molecule has 1 aliphatic rings. The van der Waals surface area contributed by atoms with Gasteiger partial charge in [0.2, 0.25) is 0 Å². The molecule has 0 aliphatic carbocycles. The van der Waals surface area contributed by atoms with Crippen LogP contribution in [0, 0.1) is 12.8 Å².